The van der Waals surface area contributed by atoms with E-state index < -0.39 is 6.10 Å². The lowest BCUT2D eigenvalue weighted by Gasteiger charge is -2.26. The van der Waals surface area contributed by atoms with Gasteiger partial charge in [0.1, 0.15) is 29.2 Å². The number of thiocarbonyl (C=S) groups is 1. The van der Waals surface area contributed by atoms with Crippen LogP contribution in [0, 0.1) is 22.8 Å². The molecule has 1 aliphatic rings. The van der Waals surface area contributed by atoms with Gasteiger partial charge in [-0.25, -0.2) is 4.98 Å². The van der Waals surface area contributed by atoms with Crippen LogP contribution in [0.3, 0.4) is 0 Å². The molecule has 0 aliphatic carbocycles. The Hall–Kier alpha value is -3.96. The van der Waals surface area contributed by atoms with Gasteiger partial charge in [-0.3, -0.25) is 9.39 Å². The summed E-state index contributed by atoms with van der Waals surface area (Å²) in [6.07, 6.45) is 7.67. The molecule has 1 unspecified atom stereocenters. The lowest BCUT2D eigenvalue weighted by atomic mass is 10.0. The highest BCUT2D eigenvalue weighted by Gasteiger charge is 2.21. The summed E-state index contributed by atoms with van der Waals surface area (Å²) < 4.78 is 7.69. The van der Waals surface area contributed by atoms with Gasteiger partial charge in [0.25, 0.3) is 0 Å². The van der Waals surface area contributed by atoms with Gasteiger partial charge in [0.15, 0.2) is 6.19 Å². The maximum absolute atomic E-state index is 9.50. The molecule has 1 fully saturated rings. The zero-order valence-corrected chi connectivity index (χ0v) is 19.3. The van der Waals surface area contributed by atoms with Crippen LogP contribution in [-0.2, 0) is 0 Å². The predicted molar refractivity (Wildman–Crippen MR) is 130 cm³/mol. The van der Waals surface area contributed by atoms with Crippen LogP contribution in [0.2, 0.25) is 0 Å². The summed E-state index contributed by atoms with van der Waals surface area (Å²) in [5.41, 5.74) is 8.08. The third kappa shape index (κ3) is 5.27. The van der Waals surface area contributed by atoms with Crippen molar-refractivity contribution in [3.63, 3.8) is 0 Å². The Bertz CT molecular complexity index is 1210. The number of nitrogens with zero attached hydrogens (tertiary/aromatic N) is 7. The molecule has 0 radical (unpaired) electrons. The van der Waals surface area contributed by atoms with Crippen LogP contribution in [0.5, 0.6) is 5.88 Å². The number of likely N-dealkylation sites (tertiary alicyclic amines) is 1. The van der Waals surface area contributed by atoms with Crippen molar-refractivity contribution < 1.29 is 4.74 Å². The molecule has 0 aromatic carbocycles. The summed E-state index contributed by atoms with van der Waals surface area (Å²) in [6, 6.07) is 5.72. The van der Waals surface area contributed by atoms with Gasteiger partial charge < -0.3 is 21.2 Å². The zero-order valence-electron chi connectivity index (χ0n) is 18.5. The Morgan fingerprint density at radius 1 is 1.36 bits per heavy atom. The number of ether oxygens (including phenoxy) is 1. The minimum absolute atomic E-state index is 0.0860. The topological polar surface area (TPSA) is 154 Å². The molecule has 1 saturated heterocycles. The number of piperidine rings is 1. The molecule has 0 amide bonds. The van der Waals surface area contributed by atoms with E-state index in [1.165, 1.54) is 12.4 Å². The second kappa shape index (κ2) is 10.6. The number of aliphatic imine (C=N–C) groups is 1. The first-order valence-electron chi connectivity index (χ1n) is 10.4. The van der Waals surface area contributed by atoms with Crippen LogP contribution >= 0.6 is 12.2 Å². The maximum atomic E-state index is 9.50. The first kappa shape index (κ1) is 23.7. The van der Waals surface area contributed by atoms with Gasteiger partial charge in [0.2, 0.25) is 5.88 Å². The first-order chi connectivity index (χ1) is 15.9. The number of aromatic nitrogens is 2. The van der Waals surface area contributed by atoms with Gasteiger partial charge in [0, 0.05) is 24.7 Å². The van der Waals surface area contributed by atoms with E-state index in [4.69, 9.17) is 38.8 Å². The van der Waals surface area contributed by atoms with Gasteiger partial charge in [-0.15, -0.1) is 0 Å². The van der Waals surface area contributed by atoms with Crippen molar-refractivity contribution in [3.8, 4) is 18.1 Å². The molecule has 0 spiro atoms. The van der Waals surface area contributed by atoms with E-state index in [1.54, 1.807) is 34.4 Å². The fourth-order valence-electron chi connectivity index (χ4n) is 3.66. The fourth-order valence-corrected chi connectivity index (χ4v) is 3.78. The number of hydrogen-bond donors (Lipinski definition) is 2. The third-order valence-electron chi connectivity index (χ3n) is 5.37. The van der Waals surface area contributed by atoms with Crippen molar-refractivity contribution in [2.75, 3.05) is 13.1 Å². The number of hydrazone groups is 1. The Morgan fingerprint density at radius 3 is 2.70 bits per heavy atom. The largest absolute Gasteiger partial charge is 0.470 e. The molecular weight excluding hydrogens is 438 g/mol. The maximum Gasteiger partial charge on any atom is 0.201 e. The quantitative estimate of drug-likeness (QED) is 0.157. The standard InChI is InChI=1S/C22H25N9OS/c1-14(28-17-4-7-30(13-25)8-5-17)22(29-26)16-9-20-27-12-18(11-24)31(20)21(10-16)32-15(2)19(33)3-6-23/h3,6,9-10,12,15,17H,4-5,7-8,23,26H2,1-2H3/b6-3-,28-14?,29-22+. The number of nitriles is 2. The molecule has 33 heavy (non-hydrogen) atoms. The second-order valence-electron chi connectivity index (χ2n) is 7.56. The summed E-state index contributed by atoms with van der Waals surface area (Å²) in [6.45, 7) is 5.00. The number of nitrogens with two attached hydrogens (primary N) is 2. The molecule has 1 aliphatic heterocycles. The Balaban J connectivity index is 1.98. The molecule has 170 valence electrons. The molecule has 3 rings (SSSR count). The summed E-state index contributed by atoms with van der Waals surface area (Å²) in [5.74, 6) is 6.13. The van der Waals surface area contributed by atoms with Crippen molar-refractivity contribution >= 4 is 34.2 Å². The highest BCUT2D eigenvalue weighted by Crippen LogP contribution is 2.23. The van der Waals surface area contributed by atoms with Crippen LogP contribution in [0.4, 0.5) is 0 Å². The molecule has 10 nitrogen and oxygen atoms in total. The Labute approximate surface area is 197 Å². The van der Waals surface area contributed by atoms with E-state index in [9.17, 15) is 5.26 Å². The summed E-state index contributed by atoms with van der Waals surface area (Å²) >= 11 is 5.33. The molecule has 2 aromatic rings. The van der Waals surface area contributed by atoms with Crippen LogP contribution < -0.4 is 16.3 Å². The van der Waals surface area contributed by atoms with Gasteiger partial charge >= 0.3 is 0 Å². The smallest absolute Gasteiger partial charge is 0.201 e. The number of imidazole rings is 1. The van der Waals surface area contributed by atoms with Gasteiger partial charge in [-0.05, 0) is 45.0 Å². The summed E-state index contributed by atoms with van der Waals surface area (Å²) in [7, 11) is 0. The molecule has 0 saturated carbocycles. The van der Waals surface area contributed by atoms with E-state index in [-0.39, 0.29) is 6.04 Å². The average Bonchev–Trinajstić information content (AvgIpc) is 3.23. The van der Waals surface area contributed by atoms with Crippen molar-refractivity contribution in [2.45, 2.75) is 38.8 Å². The van der Waals surface area contributed by atoms with Crippen LogP contribution in [0.15, 0.2) is 40.7 Å². The van der Waals surface area contributed by atoms with Gasteiger partial charge in [0.05, 0.1) is 22.8 Å². The predicted octanol–water partition coefficient (Wildman–Crippen LogP) is 1.88. The third-order valence-corrected chi connectivity index (χ3v) is 5.84. The molecule has 0 bridgehead atoms. The van der Waals surface area contributed by atoms with E-state index in [2.05, 4.69) is 22.3 Å². The SMILES string of the molecule is CC(=NC1CCN(C#N)CC1)/C(=N\N)c1cc(OC(C)C(=S)/C=C\N)n2c(C#N)cnc2c1. The molecule has 3 heterocycles. The fraction of sp³-hybridized carbons (Fsp3) is 0.364. The average molecular weight is 464 g/mol. The minimum atomic E-state index is -0.481. The number of pyridine rings is 1. The number of rotatable bonds is 7. The lowest BCUT2D eigenvalue weighted by molar-refractivity contribution is 0.275. The molecule has 4 N–H and O–H groups in total. The first-order valence-corrected chi connectivity index (χ1v) is 10.8. The molecule has 1 atom stereocenters. The van der Waals surface area contributed by atoms with E-state index >= 15 is 0 Å². The zero-order chi connectivity index (χ0) is 24.0. The van der Waals surface area contributed by atoms with Crippen molar-refractivity contribution in [1.29, 1.82) is 10.5 Å². The minimum Gasteiger partial charge on any atom is -0.470 e. The van der Waals surface area contributed by atoms with E-state index in [1.807, 2.05) is 6.92 Å². The van der Waals surface area contributed by atoms with Crippen LogP contribution in [0.1, 0.15) is 37.9 Å². The molecule has 2 aromatic heterocycles. The monoisotopic (exact) mass is 463 g/mol. The normalized spacial score (nSPS) is 16.5. The van der Waals surface area contributed by atoms with Crippen molar-refractivity contribution in [3.05, 3.63) is 41.9 Å². The lowest BCUT2D eigenvalue weighted by Crippen LogP contribution is -2.32. The highest BCUT2D eigenvalue weighted by molar-refractivity contribution is 7.80. The van der Waals surface area contributed by atoms with Crippen molar-refractivity contribution in [1.82, 2.24) is 14.3 Å². The van der Waals surface area contributed by atoms with Gasteiger partial charge in [-0.1, -0.05) is 12.2 Å². The van der Waals surface area contributed by atoms with Crippen LogP contribution in [-0.4, -0.2) is 55.8 Å². The molecular formula is C22H25N9OS. The summed E-state index contributed by atoms with van der Waals surface area (Å²) in [5, 5.41) is 22.5. The van der Waals surface area contributed by atoms with Crippen LogP contribution in [0.25, 0.3) is 5.65 Å². The highest BCUT2D eigenvalue weighted by atomic mass is 32.1. The second-order valence-corrected chi connectivity index (χ2v) is 8.03. The Kier molecular flexibility index (Phi) is 7.59. The summed E-state index contributed by atoms with van der Waals surface area (Å²) in [4.78, 5) is 11.4. The Morgan fingerprint density at radius 2 is 2.09 bits per heavy atom. The van der Waals surface area contributed by atoms with Gasteiger partial charge in [-0.2, -0.15) is 15.6 Å². The number of fused-ring (bicyclic) bond motifs is 1. The van der Waals surface area contributed by atoms with E-state index in [0.29, 0.717) is 52.2 Å². The van der Waals surface area contributed by atoms with E-state index in [0.717, 1.165) is 12.8 Å². The number of hydrogen-bond acceptors (Lipinski definition) is 10. The molecule has 11 heteroatoms. The van der Waals surface area contributed by atoms with Crippen molar-refractivity contribution in [2.24, 2.45) is 21.7 Å².